The summed E-state index contributed by atoms with van der Waals surface area (Å²) in [5.41, 5.74) is 0.674. The van der Waals surface area contributed by atoms with Crippen molar-refractivity contribution in [2.24, 2.45) is 0 Å². The quantitative estimate of drug-likeness (QED) is 0.656. The van der Waals surface area contributed by atoms with Crippen molar-refractivity contribution in [3.63, 3.8) is 0 Å². The summed E-state index contributed by atoms with van der Waals surface area (Å²) in [6.45, 7) is 4.12. The van der Waals surface area contributed by atoms with E-state index in [1.807, 2.05) is 37.3 Å². The second kappa shape index (κ2) is 6.84. The number of hydrogen-bond donors (Lipinski definition) is 1. The van der Waals surface area contributed by atoms with Crippen LogP contribution in [0.2, 0.25) is 0 Å². The zero-order valence-corrected chi connectivity index (χ0v) is 12.5. The van der Waals surface area contributed by atoms with Crippen molar-refractivity contribution in [3.05, 3.63) is 57.9 Å². The van der Waals surface area contributed by atoms with Gasteiger partial charge in [-0.1, -0.05) is 37.3 Å². The molecule has 0 saturated heterocycles. The van der Waals surface area contributed by atoms with Gasteiger partial charge in [0.2, 0.25) is 5.69 Å². The molecule has 116 valence electrons. The lowest BCUT2D eigenvalue weighted by molar-refractivity contribution is -0.385. The summed E-state index contributed by atoms with van der Waals surface area (Å²) in [6.07, 6.45) is 1.80. The van der Waals surface area contributed by atoms with Crippen molar-refractivity contribution in [2.75, 3.05) is 0 Å². The number of rotatable bonds is 6. The molecule has 1 aromatic carbocycles. The molecule has 0 fully saturated rings. The van der Waals surface area contributed by atoms with E-state index in [0.29, 0.717) is 13.0 Å². The van der Waals surface area contributed by atoms with Gasteiger partial charge in [-0.05, 0) is 18.9 Å². The summed E-state index contributed by atoms with van der Waals surface area (Å²) in [7, 11) is 0. The van der Waals surface area contributed by atoms with Crippen LogP contribution in [0.5, 0.6) is 0 Å². The van der Waals surface area contributed by atoms with Crippen LogP contribution in [0, 0.1) is 10.1 Å². The molecule has 0 aliphatic rings. The van der Waals surface area contributed by atoms with E-state index in [1.165, 1.54) is 4.68 Å². The van der Waals surface area contributed by atoms with E-state index in [2.05, 4.69) is 10.4 Å². The number of carbonyl (C=O) groups excluding carboxylic acids is 1. The number of nitrogens with zero attached hydrogens (tertiary/aromatic N) is 3. The minimum Gasteiger partial charge on any atom is -0.344 e. The molecule has 0 radical (unpaired) electrons. The fourth-order valence-corrected chi connectivity index (χ4v) is 2.32. The van der Waals surface area contributed by atoms with Crippen LogP contribution in [0.25, 0.3) is 0 Å². The highest BCUT2D eigenvalue weighted by Gasteiger charge is 2.27. The third-order valence-corrected chi connectivity index (χ3v) is 3.45. The first-order chi connectivity index (χ1) is 10.6. The van der Waals surface area contributed by atoms with Gasteiger partial charge in [-0.25, -0.2) is 0 Å². The Hall–Kier alpha value is -2.70. The molecule has 2 rings (SSSR count). The normalized spacial score (nSPS) is 11.9. The predicted molar refractivity (Wildman–Crippen MR) is 81.5 cm³/mol. The second-order valence-electron chi connectivity index (χ2n) is 4.80. The van der Waals surface area contributed by atoms with Crippen molar-refractivity contribution < 1.29 is 9.72 Å². The first-order valence-electron chi connectivity index (χ1n) is 7.14. The molecule has 0 bridgehead atoms. The summed E-state index contributed by atoms with van der Waals surface area (Å²) in [4.78, 5) is 22.9. The number of amides is 1. The van der Waals surface area contributed by atoms with Crippen molar-refractivity contribution >= 4 is 11.6 Å². The second-order valence-corrected chi connectivity index (χ2v) is 4.80. The lowest BCUT2D eigenvalue weighted by atomic mass is 10.0. The molecule has 0 aliphatic carbocycles. The van der Waals surface area contributed by atoms with Gasteiger partial charge in [-0.2, -0.15) is 5.10 Å². The van der Waals surface area contributed by atoms with Gasteiger partial charge in [0.1, 0.15) is 6.20 Å². The molecule has 1 N–H and O–H groups in total. The molecule has 1 unspecified atom stereocenters. The fraction of sp³-hybridized carbons (Fsp3) is 0.333. The van der Waals surface area contributed by atoms with Crippen molar-refractivity contribution in [2.45, 2.75) is 32.9 Å². The van der Waals surface area contributed by atoms with Gasteiger partial charge in [0.15, 0.2) is 0 Å². The molecule has 1 aromatic heterocycles. The van der Waals surface area contributed by atoms with Crippen LogP contribution in [-0.2, 0) is 6.54 Å². The summed E-state index contributed by atoms with van der Waals surface area (Å²) in [5.74, 6) is -0.484. The maximum absolute atomic E-state index is 12.5. The van der Waals surface area contributed by atoms with E-state index >= 15 is 0 Å². The van der Waals surface area contributed by atoms with Crippen molar-refractivity contribution in [1.29, 1.82) is 0 Å². The Bertz CT molecular complexity index is 667. The number of benzene rings is 1. The molecule has 1 atom stereocenters. The average molecular weight is 302 g/mol. The maximum Gasteiger partial charge on any atom is 0.320 e. The predicted octanol–water partition coefficient (Wildman–Crippen LogP) is 2.69. The van der Waals surface area contributed by atoms with Gasteiger partial charge in [0.05, 0.1) is 11.0 Å². The van der Waals surface area contributed by atoms with Crippen LogP contribution < -0.4 is 5.32 Å². The molecule has 7 heteroatoms. The number of hydrogen-bond acceptors (Lipinski definition) is 4. The average Bonchev–Trinajstić information content (AvgIpc) is 2.97. The monoisotopic (exact) mass is 302 g/mol. The number of nitro groups is 1. The zero-order valence-electron chi connectivity index (χ0n) is 12.5. The van der Waals surface area contributed by atoms with E-state index in [1.54, 1.807) is 6.92 Å². The molecular formula is C15H18N4O3. The van der Waals surface area contributed by atoms with Gasteiger partial charge in [0, 0.05) is 6.54 Å². The Morgan fingerprint density at radius 1 is 1.36 bits per heavy atom. The van der Waals surface area contributed by atoms with Crippen molar-refractivity contribution in [1.82, 2.24) is 15.1 Å². The Labute approximate surface area is 128 Å². The third-order valence-electron chi connectivity index (χ3n) is 3.45. The van der Waals surface area contributed by atoms with E-state index < -0.39 is 10.8 Å². The molecule has 0 spiro atoms. The van der Waals surface area contributed by atoms with Crippen LogP contribution in [0.1, 0.15) is 42.4 Å². The summed E-state index contributed by atoms with van der Waals surface area (Å²) >= 11 is 0. The number of nitrogens with one attached hydrogen (secondary N) is 1. The largest absolute Gasteiger partial charge is 0.344 e. The minimum atomic E-state index is -0.586. The summed E-state index contributed by atoms with van der Waals surface area (Å²) < 4.78 is 1.34. The fourth-order valence-electron chi connectivity index (χ4n) is 2.32. The smallest absolute Gasteiger partial charge is 0.320 e. The highest BCUT2D eigenvalue weighted by Crippen LogP contribution is 2.21. The van der Waals surface area contributed by atoms with E-state index in [4.69, 9.17) is 0 Å². The van der Waals surface area contributed by atoms with Crippen LogP contribution in [0.3, 0.4) is 0 Å². The summed E-state index contributed by atoms with van der Waals surface area (Å²) in [5, 5.41) is 17.8. The van der Waals surface area contributed by atoms with Crippen LogP contribution in [0.4, 0.5) is 5.69 Å². The Morgan fingerprint density at radius 3 is 2.59 bits per heavy atom. The molecule has 0 aliphatic heterocycles. The third kappa shape index (κ3) is 3.13. The topological polar surface area (TPSA) is 90.1 Å². The minimum absolute atomic E-state index is 0.0121. The number of carbonyl (C=O) groups is 1. The van der Waals surface area contributed by atoms with Gasteiger partial charge in [0.25, 0.3) is 5.91 Å². The zero-order chi connectivity index (χ0) is 16.1. The standard InChI is InChI=1S/C15H18N4O3/c1-3-12(11-8-6-5-7-9-11)17-15(20)14-13(19(21)22)10-16-18(14)4-2/h5-10,12H,3-4H2,1-2H3,(H,17,20). The van der Waals surface area contributed by atoms with E-state index in [9.17, 15) is 14.9 Å². The Morgan fingerprint density at radius 2 is 2.05 bits per heavy atom. The van der Waals surface area contributed by atoms with Gasteiger partial charge in [-0.15, -0.1) is 0 Å². The first-order valence-corrected chi connectivity index (χ1v) is 7.14. The summed E-state index contributed by atoms with van der Waals surface area (Å²) in [6, 6.07) is 9.31. The molecule has 1 heterocycles. The molecule has 0 saturated carbocycles. The number of aryl methyl sites for hydroxylation is 1. The highest BCUT2D eigenvalue weighted by molar-refractivity contribution is 5.96. The molecule has 22 heavy (non-hydrogen) atoms. The SMILES string of the molecule is CCC(NC(=O)c1c([N+](=O)[O-])cnn1CC)c1ccccc1. The van der Waals surface area contributed by atoms with Crippen LogP contribution >= 0.6 is 0 Å². The van der Waals surface area contributed by atoms with Gasteiger partial charge >= 0.3 is 5.69 Å². The van der Waals surface area contributed by atoms with E-state index in [0.717, 1.165) is 11.8 Å². The molecular weight excluding hydrogens is 284 g/mol. The molecule has 2 aromatic rings. The van der Waals surface area contributed by atoms with Gasteiger partial charge < -0.3 is 5.32 Å². The Kier molecular flexibility index (Phi) is 4.88. The van der Waals surface area contributed by atoms with Gasteiger partial charge in [-0.3, -0.25) is 19.6 Å². The number of aromatic nitrogens is 2. The lowest BCUT2D eigenvalue weighted by Crippen LogP contribution is -2.30. The molecule has 7 nitrogen and oxygen atoms in total. The Balaban J connectivity index is 2.28. The highest BCUT2D eigenvalue weighted by atomic mass is 16.6. The lowest BCUT2D eigenvalue weighted by Gasteiger charge is -2.17. The van der Waals surface area contributed by atoms with Crippen molar-refractivity contribution in [3.8, 4) is 0 Å². The first kappa shape index (κ1) is 15.7. The maximum atomic E-state index is 12.5. The van der Waals surface area contributed by atoms with Crippen LogP contribution in [0.15, 0.2) is 36.5 Å². The van der Waals surface area contributed by atoms with Crippen LogP contribution in [-0.4, -0.2) is 20.6 Å². The van der Waals surface area contributed by atoms with E-state index in [-0.39, 0.29) is 17.4 Å². The molecule has 1 amide bonds.